The van der Waals surface area contributed by atoms with E-state index >= 15 is 0 Å². The highest BCUT2D eigenvalue weighted by Crippen LogP contribution is 2.26. The highest BCUT2D eigenvalue weighted by atomic mass is 16.5. The summed E-state index contributed by atoms with van der Waals surface area (Å²) in [7, 11) is 0. The van der Waals surface area contributed by atoms with Crippen LogP contribution in [-0.2, 0) is 11.2 Å². The summed E-state index contributed by atoms with van der Waals surface area (Å²) in [6.45, 7) is 4.23. The first-order valence-corrected chi connectivity index (χ1v) is 4.92. The molecule has 0 bridgehead atoms. The molecular formula is C12H14O2. The average Bonchev–Trinajstić information content (AvgIpc) is 2.27. The summed E-state index contributed by atoms with van der Waals surface area (Å²) >= 11 is 0. The number of ether oxygens (including phenoxy) is 1. The standard InChI is InChI=1S/C12H14O2/c1-8-3-4-12-10(5-8)6-9(2)11(13)7-14-12/h3-5,9H,6-7H2,1-2H3. The molecule has 14 heavy (non-hydrogen) atoms. The third-order valence-corrected chi connectivity index (χ3v) is 2.66. The van der Waals surface area contributed by atoms with Gasteiger partial charge < -0.3 is 4.74 Å². The molecule has 0 aliphatic carbocycles. The monoisotopic (exact) mass is 190 g/mol. The molecule has 2 nitrogen and oxygen atoms in total. The second kappa shape index (κ2) is 3.45. The Kier molecular flexibility index (Phi) is 2.28. The normalized spacial score (nSPS) is 21.0. The van der Waals surface area contributed by atoms with Crippen LogP contribution in [0.15, 0.2) is 18.2 Å². The van der Waals surface area contributed by atoms with Gasteiger partial charge in [-0.15, -0.1) is 0 Å². The van der Waals surface area contributed by atoms with Gasteiger partial charge in [-0.1, -0.05) is 24.6 Å². The third-order valence-electron chi connectivity index (χ3n) is 2.66. The van der Waals surface area contributed by atoms with Crippen LogP contribution in [0, 0.1) is 12.8 Å². The van der Waals surface area contributed by atoms with E-state index in [1.54, 1.807) is 0 Å². The molecule has 0 fully saturated rings. The van der Waals surface area contributed by atoms with Gasteiger partial charge in [-0.2, -0.15) is 0 Å². The van der Waals surface area contributed by atoms with Gasteiger partial charge in [0, 0.05) is 5.92 Å². The van der Waals surface area contributed by atoms with Gasteiger partial charge in [0.25, 0.3) is 0 Å². The van der Waals surface area contributed by atoms with Crippen molar-refractivity contribution in [3.8, 4) is 5.75 Å². The number of rotatable bonds is 0. The number of hydrogen-bond acceptors (Lipinski definition) is 2. The molecule has 2 heteroatoms. The molecule has 0 saturated heterocycles. The van der Waals surface area contributed by atoms with Gasteiger partial charge in [0.1, 0.15) is 12.4 Å². The van der Waals surface area contributed by atoms with E-state index in [1.807, 2.05) is 19.1 Å². The van der Waals surface area contributed by atoms with Crippen molar-refractivity contribution in [1.82, 2.24) is 0 Å². The fraction of sp³-hybridized carbons (Fsp3) is 0.417. The fourth-order valence-electron chi connectivity index (χ4n) is 1.74. The molecule has 1 aromatic rings. The minimum Gasteiger partial charge on any atom is -0.486 e. The Morgan fingerprint density at radius 1 is 1.43 bits per heavy atom. The average molecular weight is 190 g/mol. The molecule has 1 aliphatic rings. The van der Waals surface area contributed by atoms with Gasteiger partial charge >= 0.3 is 0 Å². The lowest BCUT2D eigenvalue weighted by Gasteiger charge is -2.06. The van der Waals surface area contributed by atoms with Crippen molar-refractivity contribution in [2.45, 2.75) is 20.3 Å². The maximum Gasteiger partial charge on any atom is 0.173 e. The van der Waals surface area contributed by atoms with Crippen molar-refractivity contribution in [2.75, 3.05) is 6.61 Å². The zero-order chi connectivity index (χ0) is 10.1. The largest absolute Gasteiger partial charge is 0.486 e. The lowest BCUT2D eigenvalue weighted by molar-refractivity contribution is -0.123. The summed E-state index contributed by atoms with van der Waals surface area (Å²) in [5.74, 6) is 1.14. The summed E-state index contributed by atoms with van der Waals surface area (Å²) in [6.07, 6.45) is 0.801. The molecule has 0 aromatic heterocycles. The minimum atomic E-state index is 0.0815. The van der Waals surface area contributed by atoms with Crippen molar-refractivity contribution in [2.24, 2.45) is 5.92 Å². The number of hydrogen-bond donors (Lipinski definition) is 0. The Morgan fingerprint density at radius 3 is 3.00 bits per heavy atom. The summed E-state index contributed by atoms with van der Waals surface area (Å²) in [5, 5.41) is 0. The summed E-state index contributed by atoms with van der Waals surface area (Å²) in [6, 6.07) is 6.07. The van der Waals surface area contributed by atoms with E-state index in [0.29, 0.717) is 0 Å². The Morgan fingerprint density at radius 2 is 2.21 bits per heavy atom. The van der Waals surface area contributed by atoms with Crippen LogP contribution in [0.25, 0.3) is 0 Å². The van der Waals surface area contributed by atoms with Crippen LogP contribution in [0.4, 0.5) is 0 Å². The number of carbonyl (C=O) groups excluding carboxylic acids is 1. The maximum atomic E-state index is 11.4. The van der Waals surface area contributed by atoms with E-state index in [-0.39, 0.29) is 18.3 Å². The van der Waals surface area contributed by atoms with E-state index in [1.165, 1.54) is 5.56 Å². The van der Waals surface area contributed by atoms with Gasteiger partial charge in [0.2, 0.25) is 0 Å². The second-order valence-electron chi connectivity index (χ2n) is 3.97. The molecule has 0 spiro atoms. The molecule has 74 valence electrons. The van der Waals surface area contributed by atoms with Crippen LogP contribution in [0.1, 0.15) is 18.1 Å². The van der Waals surface area contributed by atoms with E-state index in [4.69, 9.17) is 4.74 Å². The molecule has 0 N–H and O–H groups in total. The number of carbonyl (C=O) groups is 1. The molecule has 0 amide bonds. The van der Waals surface area contributed by atoms with E-state index in [0.717, 1.165) is 17.7 Å². The first kappa shape index (κ1) is 9.25. The van der Waals surface area contributed by atoms with Crippen LogP contribution in [0.2, 0.25) is 0 Å². The second-order valence-corrected chi connectivity index (χ2v) is 3.97. The Hall–Kier alpha value is -1.31. The minimum absolute atomic E-state index is 0.0815. The molecule has 0 saturated carbocycles. The fourth-order valence-corrected chi connectivity index (χ4v) is 1.74. The molecule has 1 aromatic carbocycles. The van der Waals surface area contributed by atoms with E-state index in [2.05, 4.69) is 13.0 Å². The molecule has 0 radical (unpaired) electrons. The summed E-state index contributed by atoms with van der Waals surface area (Å²) < 4.78 is 5.44. The van der Waals surface area contributed by atoms with Crippen molar-refractivity contribution < 1.29 is 9.53 Å². The lowest BCUT2D eigenvalue weighted by atomic mass is 9.97. The van der Waals surface area contributed by atoms with Crippen LogP contribution in [-0.4, -0.2) is 12.4 Å². The SMILES string of the molecule is Cc1ccc2c(c1)CC(C)C(=O)CO2. The Labute approximate surface area is 83.9 Å². The number of Topliss-reactive ketones (excluding diaryl/α,β-unsaturated/α-hetero) is 1. The van der Waals surface area contributed by atoms with Gasteiger partial charge in [-0.25, -0.2) is 0 Å². The van der Waals surface area contributed by atoms with Crippen LogP contribution < -0.4 is 4.74 Å². The molecule has 2 rings (SSSR count). The van der Waals surface area contributed by atoms with E-state index in [9.17, 15) is 4.79 Å². The van der Waals surface area contributed by atoms with Crippen molar-refractivity contribution >= 4 is 5.78 Å². The summed E-state index contributed by atoms with van der Waals surface area (Å²) in [4.78, 5) is 11.4. The van der Waals surface area contributed by atoms with E-state index < -0.39 is 0 Å². The predicted octanol–water partition coefficient (Wildman–Crippen LogP) is 2.14. The first-order chi connectivity index (χ1) is 6.66. The van der Waals surface area contributed by atoms with Gasteiger partial charge in [0.15, 0.2) is 5.78 Å². The maximum absolute atomic E-state index is 11.4. The zero-order valence-corrected chi connectivity index (χ0v) is 8.54. The van der Waals surface area contributed by atoms with Gasteiger partial charge in [-0.3, -0.25) is 4.79 Å². The highest BCUT2D eigenvalue weighted by molar-refractivity contribution is 5.83. The van der Waals surface area contributed by atoms with Gasteiger partial charge in [-0.05, 0) is 25.0 Å². The lowest BCUT2D eigenvalue weighted by Crippen LogP contribution is -2.17. The van der Waals surface area contributed by atoms with Crippen molar-refractivity contribution in [1.29, 1.82) is 0 Å². The highest BCUT2D eigenvalue weighted by Gasteiger charge is 2.20. The molecule has 1 aliphatic heterocycles. The van der Waals surface area contributed by atoms with Crippen LogP contribution in [0.3, 0.4) is 0 Å². The Balaban J connectivity index is 2.38. The van der Waals surface area contributed by atoms with Crippen LogP contribution in [0.5, 0.6) is 5.75 Å². The zero-order valence-electron chi connectivity index (χ0n) is 8.54. The molecule has 1 heterocycles. The topological polar surface area (TPSA) is 26.3 Å². The number of fused-ring (bicyclic) bond motifs is 1. The molecule has 1 unspecified atom stereocenters. The van der Waals surface area contributed by atoms with Crippen molar-refractivity contribution in [3.05, 3.63) is 29.3 Å². The first-order valence-electron chi connectivity index (χ1n) is 4.92. The van der Waals surface area contributed by atoms with Gasteiger partial charge in [0.05, 0.1) is 0 Å². The molecular weight excluding hydrogens is 176 g/mol. The third kappa shape index (κ3) is 1.65. The quantitative estimate of drug-likeness (QED) is 0.626. The number of benzene rings is 1. The predicted molar refractivity (Wildman–Crippen MR) is 54.5 cm³/mol. The smallest absolute Gasteiger partial charge is 0.173 e. The number of ketones is 1. The Bertz CT molecular complexity index is 369. The van der Waals surface area contributed by atoms with Crippen LogP contribution >= 0.6 is 0 Å². The molecule has 1 atom stereocenters. The summed E-state index contributed by atoms with van der Waals surface area (Å²) in [5.41, 5.74) is 2.37. The van der Waals surface area contributed by atoms with Crippen molar-refractivity contribution in [3.63, 3.8) is 0 Å². The number of aryl methyl sites for hydroxylation is 1.